The molecule has 1 aliphatic rings. The van der Waals surface area contributed by atoms with Crippen molar-refractivity contribution in [3.63, 3.8) is 0 Å². The zero-order valence-electron chi connectivity index (χ0n) is 11.5. The SMILES string of the molecule is CCNc1cnc(C(=O)NCC2CCN(C)C2)cn1. The molecule has 2 heterocycles. The van der Waals surface area contributed by atoms with Crippen LogP contribution in [0.1, 0.15) is 23.8 Å². The van der Waals surface area contributed by atoms with Crippen LogP contribution >= 0.6 is 0 Å². The van der Waals surface area contributed by atoms with E-state index in [0.717, 1.165) is 26.1 Å². The van der Waals surface area contributed by atoms with Gasteiger partial charge >= 0.3 is 0 Å². The van der Waals surface area contributed by atoms with E-state index in [4.69, 9.17) is 0 Å². The predicted molar refractivity (Wildman–Crippen MR) is 74.1 cm³/mol. The number of hydrogen-bond acceptors (Lipinski definition) is 5. The number of anilines is 1. The van der Waals surface area contributed by atoms with E-state index >= 15 is 0 Å². The van der Waals surface area contributed by atoms with Crippen LogP contribution in [0.4, 0.5) is 5.82 Å². The van der Waals surface area contributed by atoms with E-state index < -0.39 is 0 Å². The molecule has 6 nitrogen and oxygen atoms in total. The first kappa shape index (κ1) is 13.7. The van der Waals surface area contributed by atoms with Gasteiger partial charge in [0.15, 0.2) is 0 Å². The molecule has 1 saturated heterocycles. The Hall–Kier alpha value is -1.69. The largest absolute Gasteiger partial charge is 0.369 e. The first-order valence-corrected chi connectivity index (χ1v) is 6.71. The third kappa shape index (κ3) is 3.89. The molecule has 1 atom stereocenters. The van der Waals surface area contributed by atoms with E-state index in [1.54, 1.807) is 6.20 Å². The molecule has 0 bridgehead atoms. The molecule has 2 N–H and O–H groups in total. The number of carbonyl (C=O) groups excluding carboxylic acids is 1. The van der Waals surface area contributed by atoms with Crippen LogP contribution in [-0.2, 0) is 0 Å². The lowest BCUT2D eigenvalue weighted by Crippen LogP contribution is -2.31. The summed E-state index contributed by atoms with van der Waals surface area (Å²) in [5.41, 5.74) is 0.369. The normalized spacial score (nSPS) is 19.4. The highest BCUT2D eigenvalue weighted by Gasteiger charge is 2.20. The Morgan fingerprint density at radius 2 is 2.32 bits per heavy atom. The number of aromatic nitrogens is 2. The Morgan fingerprint density at radius 3 is 2.89 bits per heavy atom. The van der Waals surface area contributed by atoms with E-state index in [0.29, 0.717) is 24.0 Å². The summed E-state index contributed by atoms with van der Waals surface area (Å²) >= 11 is 0. The number of rotatable bonds is 5. The third-order valence-corrected chi connectivity index (χ3v) is 3.28. The van der Waals surface area contributed by atoms with E-state index in [9.17, 15) is 4.79 Å². The Morgan fingerprint density at radius 1 is 1.47 bits per heavy atom. The van der Waals surface area contributed by atoms with Gasteiger partial charge in [0, 0.05) is 19.6 Å². The molecule has 104 valence electrons. The molecule has 0 saturated carbocycles. The monoisotopic (exact) mass is 263 g/mol. The molecule has 0 spiro atoms. The molecule has 1 unspecified atom stereocenters. The minimum absolute atomic E-state index is 0.148. The van der Waals surface area contributed by atoms with Gasteiger partial charge < -0.3 is 15.5 Å². The standard InChI is InChI=1S/C13H21N5O/c1-3-14-12-8-15-11(7-16-12)13(19)17-6-10-4-5-18(2)9-10/h7-8,10H,3-6,9H2,1-2H3,(H,14,16)(H,17,19). The van der Waals surface area contributed by atoms with Crippen LogP contribution in [0.5, 0.6) is 0 Å². The molecule has 0 aliphatic carbocycles. The fraction of sp³-hybridized carbons (Fsp3) is 0.615. The average Bonchev–Trinajstić information content (AvgIpc) is 2.83. The summed E-state index contributed by atoms with van der Waals surface area (Å²) in [4.78, 5) is 22.4. The molecule has 0 aromatic carbocycles. The van der Waals surface area contributed by atoms with Crippen molar-refractivity contribution in [1.82, 2.24) is 20.2 Å². The molecule has 19 heavy (non-hydrogen) atoms. The van der Waals surface area contributed by atoms with Crippen molar-refractivity contribution in [1.29, 1.82) is 0 Å². The smallest absolute Gasteiger partial charge is 0.271 e. The summed E-state index contributed by atoms with van der Waals surface area (Å²) in [6.45, 7) is 5.64. The van der Waals surface area contributed by atoms with E-state index in [-0.39, 0.29) is 5.91 Å². The number of nitrogens with one attached hydrogen (secondary N) is 2. The highest BCUT2D eigenvalue weighted by molar-refractivity contribution is 5.91. The first-order chi connectivity index (χ1) is 9.19. The van der Waals surface area contributed by atoms with Gasteiger partial charge in [-0.15, -0.1) is 0 Å². The van der Waals surface area contributed by atoms with Crippen LogP contribution in [0.3, 0.4) is 0 Å². The fourth-order valence-electron chi connectivity index (χ4n) is 2.24. The molecule has 0 radical (unpaired) electrons. The summed E-state index contributed by atoms with van der Waals surface area (Å²) in [6.07, 6.45) is 4.23. The van der Waals surface area contributed by atoms with Crippen molar-refractivity contribution in [2.24, 2.45) is 5.92 Å². The van der Waals surface area contributed by atoms with E-state index in [2.05, 4.69) is 32.5 Å². The van der Waals surface area contributed by atoms with Crippen molar-refractivity contribution in [2.45, 2.75) is 13.3 Å². The molecule has 1 aliphatic heterocycles. The molecular formula is C13H21N5O. The second-order valence-corrected chi connectivity index (χ2v) is 4.94. The Labute approximate surface area is 113 Å². The highest BCUT2D eigenvalue weighted by atomic mass is 16.1. The van der Waals surface area contributed by atoms with Crippen LogP contribution in [0.15, 0.2) is 12.4 Å². The number of carbonyl (C=O) groups is 1. The quantitative estimate of drug-likeness (QED) is 0.813. The average molecular weight is 263 g/mol. The van der Waals surface area contributed by atoms with Crippen LogP contribution in [0.2, 0.25) is 0 Å². The number of nitrogens with zero attached hydrogens (tertiary/aromatic N) is 3. The minimum Gasteiger partial charge on any atom is -0.369 e. The predicted octanol–water partition coefficient (Wildman–Crippen LogP) is 0.590. The second kappa shape index (κ2) is 6.47. The van der Waals surface area contributed by atoms with Crippen molar-refractivity contribution in [3.05, 3.63) is 18.1 Å². The van der Waals surface area contributed by atoms with Gasteiger partial charge in [-0.05, 0) is 32.9 Å². The second-order valence-electron chi connectivity index (χ2n) is 4.94. The van der Waals surface area contributed by atoms with Crippen LogP contribution in [-0.4, -0.2) is 54.0 Å². The van der Waals surface area contributed by atoms with Gasteiger partial charge in [-0.2, -0.15) is 0 Å². The van der Waals surface area contributed by atoms with Gasteiger partial charge in [-0.3, -0.25) is 4.79 Å². The fourth-order valence-corrected chi connectivity index (χ4v) is 2.24. The number of amides is 1. The molecule has 2 rings (SSSR count). The van der Waals surface area contributed by atoms with Crippen LogP contribution in [0.25, 0.3) is 0 Å². The highest BCUT2D eigenvalue weighted by Crippen LogP contribution is 2.13. The van der Waals surface area contributed by atoms with Crippen molar-refractivity contribution < 1.29 is 4.79 Å². The lowest BCUT2D eigenvalue weighted by molar-refractivity contribution is 0.0942. The molecule has 1 amide bonds. The van der Waals surface area contributed by atoms with E-state index in [1.807, 2.05) is 6.92 Å². The Kier molecular flexibility index (Phi) is 4.68. The van der Waals surface area contributed by atoms with Gasteiger partial charge in [-0.25, -0.2) is 9.97 Å². The molecular weight excluding hydrogens is 242 g/mol. The van der Waals surface area contributed by atoms with Gasteiger partial charge in [0.25, 0.3) is 5.91 Å². The molecule has 1 aromatic rings. The van der Waals surface area contributed by atoms with Gasteiger partial charge in [0.1, 0.15) is 11.5 Å². The first-order valence-electron chi connectivity index (χ1n) is 6.71. The maximum Gasteiger partial charge on any atom is 0.271 e. The van der Waals surface area contributed by atoms with Gasteiger partial charge in [0.2, 0.25) is 0 Å². The molecule has 6 heteroatoms. The Bertz CT molecular complexity index is 420. The van der Waals surface area contributed by atoms with Crippen LogP contribution in [0, 0.1) is 5.92 Å². The minimum atomic E-state index is -0.148. The van der Waals surface area contributed by atoms with Crippen LogP contribution < -0.4 is 10.6 Å². The summed E-state index contributed by atoms with van der Waals surface area (Å²) in [6, 6.07) is 0. The van der Waals surface area contributed by atoms with Gasteiger partial charge in [-0.1, -0.05) is 0 Å². The van der Waals surface area contributed by atoms with Gasteiger partial charge in [0.05, 0.1) is 12.4 Å². The maximum atomic E-state index is 11.9. The number of likely N-dealkylation sites (tertiary alicyclic amines) is 1. The summed E-state index contributed by atoms with van der Waals surface area (Å²) in [5.74, 6) is 1.09. The zero-order valence-corrected chi connectivity index (χ0v) is 11.5. The number of hydrogen-bond donors (Lipinski definition) is 2. The van der Waals surface area contributed by atoms with Crippen molar-refractivity contribution >= 4 is 11.7 Å². The Balaban J connectivity index is 1.82. The molecule has 1 aromatic heterocycles. The lowest BCUT2D eigenvalue weighted by Gasteiger charge is -2.11. The topological polar surface area (TPSA) is 70.2 Å². The van der Waals surface area contributed by atoms with E-state index in [1.165, 1.54) is 6.20 Å². The summed E-state index contributed by atoms with van der Waals surface area (Å²) in [7, 11) is 2.10. The third-order valence-electron chi connectivity index (χ3n) is 3.28. The van der Waals surface area contributed by atoms with Crippen molar-refractivity contribution in [2.75, 3.05) is 38.5 Å². The lowest BCUT2D eigenvalue weighted by atomic mass is 10.1. The zero-order chi connectivity index (χ0) is 13.7. The molecule has 1 fully saturated rings. The summed E-state index contributed by atoms with van der Waals surface area (Å²) in [5, 5.41) is 5.97. The maximum absolute atomic E-state index is 11.9. The summed E-state index contributed by atoms with van der Waals surface area (Å²) < 4.78 is 0. The van der Waals surface area contributed by atoms with Crippen molar-refractivity contribution in [3.8, 4) is 0 Å².